The number of amides is 1. The summed E-state index contributed by atoms with van der Waals surface area (Å²) in [4.78, 5) is 16.3. The monoisotopic (exact) mass is 404 g/mol. The third kappa shape index (κ3) is 7.25. The number of hydrogen-bond donors (Lipinski definition) is 1. The van der Waals surface area contributed by atoms with Crippen LogP contribution in [0.15, 0.2) is 29.6 Å². The number of nitrogens with zero attached hydrogens (tertiary/aromatic N) is 1. The van der Waals surface area contributed by atoms with Crippen LogP contribution in [0.5, 0.6) is 5.75 Å². The molecule has 1 heterocycles. The van der Waals surface area contributed by atoms with Crippen molar-refractivity contribution in [3.8, 4) is 5.75 Å². The number of halogens is 3. The quantitative estimate of drug-likeness (QED) is 0.639. The molecular formula is C17H19F3N2O2S2. The van der Waals surface area contributed by atoms with Gasteiger partial charge in [-0.3, -0.25) is 4.79 Å². The maximum absolute atomic E-state index is 12.1. The first-order valence-electron chi connectivity index (χ1n) is 7.87. The topological polar surface area (TPSA) is 51.2 Å². The van der Waals surface area contributed by atoms with E-state index < -0.39 is 6.36 Å². The second kappa shape index (κ2) is 9.27. The molecule has 26 heavy (non-hydrogen) atoms. The molecule has 1 atom stereocenters. The summed E-state index contributed by atoms with van der Waals surface area (Å²) in [6.07, 6.45) is -4.34. The minimum Gasteiger partial charge on any atom is -0.406 e. The molecule has 142 valence electrons. The summed E-state index contributed by atoms with van der Waals surface area (Å²) in [5.74, 6) is 1.06. The van der Waals surface area contributed by atoms with E-state index in [1.54, 1.807) is 30.0 Å². The van der Waals surface area contributed by atoms with E-state index in [-0.39, 0.29) is 17.7 Å². The largest absolute Gasteiger partial charge is 0.573 e. The van der Waals surface area contributed by atoms with Gasteiger partial charge in [-0.15, -0.1) is 24.5 Å². The van der Waals surface area contributed by atoms with Gasteiger partial charge in [-0.05, 0) is 31.5 Å². The van der Waals surface area contributed by atoms with Crippen LogP contribution in [0.4, 0.5) is 13.2 Å². The highest BCUT2D eigenvalue weighted by atomic mass is 32.2. The van der Waals surface area contributed by atoms with Gasteiger partial charge in [0.1, 0.15) is 5.75 Å². The number of benzene rings is 1. The number of thiazole rings is 1. The van der Waals surface area contributed by atoms with E-state index in [0.717, 1.165) is 16.5 Å². The normalized spacial score (nSPS) is 12.7. The zero-order valence-electron chi connectivity index (χ0n) is 14.3. The van der Waals surface area contributed by atoms with Crippen LogP contribution in [-0.2, 0) is 10.5 Å². The van der Waals surface area contributed by atoms with Crippen LogP contribution >= 0.6 is 23.1 Å². The molecule has 0 aliphatic rings. The van der Waals surface area contributed by atoms with Gasteiger partial charge in [0.25, 0.3) is 0 Å². The molecule has 4 nitrogen and oxygen atoms in total. The van der Waals surface area contributed by atoms with Crippen LogP contribution in [0.3, 0.4) is 0 Å². The second-order valence-electron chi connectivity index (χ2n) is 5.57. The number of aryl methyl sites for hydroxylation is 1. The molecule has 9 heteroatoms. The third-order valence-electron chi connectivity index (χ3n) is 3.38. The number of thioether (sulfide) groups is 1. The van der Waals surface area contributed by atoms with Crippen LogP contribution in [0, 0.1) is 6.92 Å². The molecular weight excluding hydrogens is 385 g/mol. The minimum atomic E-state index is -4.71. The Labute approximate surface area is 158 Å². The third-order valence-corrected chi connectivity index (χ3v) is 5.20. The van der Waals surface area contributed by atoms with E-state index in [0.29, 0.717) is 17.7 Å². The molecule has 1 unspecified atom stereocenters. The number of ether oxygens (including phenoxy) is 1. The fourth-order valence-electron chi connectivity index (χ4n) is 2.17. The first-order chi connectivity index (χ1) is 12.2. The summed E-state index contributed by atoms with van der Waals surface area (Å²) in [7, 11) is 0. The second-order valence-corrected chi connectivity index (χ2v) is 7.73. The smallest absolute Gasteiger partial charge is 0.406 e. The van der Waals surface area contributed by atoms with E-state index in [9.17, 15) is 18.0 Å². The number of carbonyl (C=O) groups excluding carboxylic acids is 1. The maximum Gasteiger partial charge on any atom is 0.573 e. The van der Waals surface area contributed by atoms with Gasteiger partial charge in [-0.1, -0.05) is 12.1 Å². The first kappa shape index (κ1) is 20.6. The Kier molecular flexibility index (Phi) is 7.33. The lowest BCUT2D eigenvalue weighted by Crippen LogP contribution is -2.26. The van der Waals surface area contributed by atoms with E-state index in [1.807, 2.05) is 12.3 Å². The molecule has 0 radical (unpaired) electrons. The van der Waals surface area contributed by atoms with Crippen molar-refractivity contribution in [3.05, 3.63) is 45.9 Å². The summed E-state index contributed by atoms with van der Waals surface area (Å²) in [6.45, 7) is 3.73. The lowest BCUT2D eigenvalue weighted by molar-refractivity contribution is -0.274. The number of nitrogens with one attached hydrogen (secondary N) is 1. The Balaban J connectivity index is 1.72. The molecule has 0 saturated carbocycles. The molecule has 2 aromatic rings. The Morgan fingerprint density at radius 1 is 1.35 bits per heavy atom. The number of hydrogen-bond acceptors (Lipinski definition) is 5. The summed E-state index contributed by atoms with van der Waals surface area (Å²) in [5, 5.41) is 5.88. The Hall–Kier alpha value is -1.74. The lowest BCUT2D eigenvalue weighted by atomic mass is 10.1. The number of carbonyl (C=O) groups is 1. The van der Waals surface area contributed by atoms with Crippen molar-refractivity contribution in [3.63, 3.8) is 0 Å². The first-order valence-corrected chi connectivity index (χ1v) is 9.90. The van der Waals surface area contributed by atoms with Gasteiger partial charge < -0.3 is 10.1 Å². The molecule has 0 saturated heterocycles. The number of aromatic nitrogens is 1. The van der Waals surface area contributed by atoms with Crippen molar-refractivity contribution >= 4 is 29.0 Å². The maximum atomic E-state index is 12.1. The SMILES string of the molecule is Cc1nc(CSCCC(=O)NC(C)c2ccc(OC(F)(F)F)cc2)cs1. The van der Waals surface area contributed by atoms with Crippen molar-refractivity contribution in [1.82, 2.24) is 10.3 Å². The number of alkyl halides is 3. The standard InChI is InChI=1S/C17H19F3N2O2S2/c1-11(13-3-5-15(6-4-13)24-17(18,19)20)21-16(23)7-8-25-9-14-10-26-12(2)22-14/h3-6,10-11H,7-9H2,1-2H3,(H,21,23). The van der Waals surface area contributed by atoms with Gasteiger partial charge >= 0.3 is 6.36 Å². The van der Waals surface area contributed by atoms with Crippen LogP contribution < -0.4 is 10.1 Å². The van der Waals surface area contributed by atoms with Crippen molar-refractivity contribution in [2.75, 3.05) is 5.75 Å². The Morgan fingerprint density at radius 2 is 2.04 bits per heavy atom. The van der Waals surface area contributed by atoms with Gasteiger partial charge in [0.05, 0.1) is 16.7 Å². The summed E-state index contributed by atoms with van der Waals surface area (Å²) >= 11 is 3.24. The lowest BCUT2D eigenvalue weighted by Gasteiger charge is -2.15. The zero-order chi connectivity index (χ0) is 19.2. The molecule has 1 N–H and O–H groups in total. The van der Waals surface area contributed by atoms with Crippen molar-refractivity contribution < 1.29 is 22.7 Å². The van der Waals surface area contributed by atoms with Crippen LogP contribution in [0.25, 0.3) is 0 Å². The summed E-state index contributed by atoms with van der Waals surface area (Å²) in [5.41, 5.74) is 1.73. The molecule has 0 bridgehead atoms. The molecule has 0 fully saturated rings. The summed E-state index contributed by atoms with van der Waals surface area (Å²) in [6, 6.07) is 5.18. The van der Waals surface area contributed by atoms with E-state index in [4.69, 9.17) is 0 Å². The van der Waals surface area contributed by atoms with Crippen molar-refractivity contribution in [2.24, 2.45) is 0 Å². The van der Waals surface area contributed by atoms with E-state index in [2.05, 4.69) is 15.0 Å². The predicted octanol–water partition coefficient (Wildman–Crippen LogP) is 4.85. The van der Waals surface area contributed by atoms with Gasteiger partial charge in [0.2, 0.25) is 5.91 Å². The van der Waals surface area contributed by atoms with Gasteiger partial charge in [-0.25, -0.2) is 4.98 Å². The predicted molar refractivity (Wildman–Crippen MR) is 97.3 cm³/mol. The zero-order valence-corrected chi connectivity index (χ0v) is 15.9. The number of rotatable bonds is 8. The molecule has 1 aromatic carbocycles. The molecule has 1 amide bonds. The van der Waals surface area contributed by atoms with Crippen LogP contribution in [-0.4, -0.2) is 23.0 Å². The highest BCUT2D eigenvalue weighted by molar-refractivity contribution is 7.98. The molecule has 2 rings (SSSR count). The average molecular weight is 404 g/mol. The molecule has 0 aliphatic carbocycles. The fourth-order valence-corrected chi connectivity index (χ4v) is 3.72. The average Bonchev–Trinajstić information content (AvgIpc) is 2.96. The van der Waals surface area contributed by atoms with E-state index in [1.165, 1.54) is 24.3 Å². The van der Waals surface area contributed by atoms with Gasteiger partial charge in [0.15, 0.2) is 0 Å². The Bertz CT molecular complexity index is 718. The van der Waals surface area contributed by atoms with Gasteiger partial charge in [0, 0.05) is 23.3 Å². The highest BCUT2D eigenvalue weighted by Crippen LogP contribution is 2.24. The van der Waals surface area contributed by atoms with E-state index >= 15 is 0 Å². The highest BCUT2D eigenvalue weighted by Gasteiger charge is 2.31. The molecule has 0 spiro atoms. The van der Waals surface area contributed by atoms with Crippen molar-refractivity contribution in [2.45, 2.75) is 38.4 Å². The molecule has 1 aromatic heterocycles. The fraction of sp³-hybridized carbons (Fsp3) is 0.412. The van der Waals surface area contributed by atoms with Crippen LogP contribution in [0.1, 0.15) is 35.7 Å². The minimum absolute atomic E-state index is 0.102. The Morgan fingerprint density at radius 3 is 2.62 bits per heavy atom. The molecule has 0 aliphatic heterocycles. The van der Waals surface area contributed by atoms with Gasteiger partial charge in [-0.2, -0.15) is 11.8 Å². The van der Waals surface area contributed by atoms with Crippen molar-refractivity contribution in [1.29, 1.82) is 0 Å². The summed E-state index contributed by atoms with van der Waals surface area (Å²) < 4.78 is 40.3. The van der Waals surface area contributed by atoms with Crippen LogP contribution in [0.2, 0.25) is 0 Å².